The van der Waals surface area contributed by atoms with Crippen molar-refractivity contribution in [2.75, 3.05) is 12.4 Å². The minimum Gasteiger partial charge on any atom is -0.497 e. The summed E-state index contributed by atoms with van der Waals surface area (Å²) in [6.07, 6.45) is 1.49. The van der Waals surface area contributed by atoms with E-state index in [2.05, 4.69) is 10.4 Å². The van der Waals surface area contributed by atoms with Gasteiger partial charge in [0.15, 0.2) is 5.82 Å². The van der Waals surface area contributed by atoms with Crippen molar-refractivity contribution in [1.29, 1.82) is 0 Å². The van der Waals surface area contributed by atoms with Crippen LogP contribution in [-0.4, -0.2) is 22.8 Å². The number of ether oxygens (including phenoxy) is 1. The number of anilines is 1. The standard InChI is InChI=1S/C18H14Cl2FN3O2/c1-26-12-7-5-11(6-8-12)18(25)22-17-15(20)10-24(23-17)9-13-14(19)3-2-4-16(13)21/h2-8,10H,9H2,1H3,(H,22,23,25). The summed E-state index contributed by atoms with van der Waals surface area (Å²) in [5, 5.41) is 7.35. The number of methoxy groups -OCH3 is 1. The van der Waals surface area contributed by atoms with Crippen LogP contribution in [0, 0.1) is 5.82 Å². The Morgan fingerprint density at radius 1 is 1.19 bits per heavy atom. The van der Waals surface area contributed by atoms with E-state index in [0.29, 0.717) is 21.9 Å². The Balaban J connectivity index is 1.76. The molecule has 0 radical (unpaired) electrons. The van der Waals surface area contributed by atoms with Gasteiger partial charge in [-0.3, -0.25) is 9.48 Å². The third-order valence-electron chi connectivity index (χ3n) is 3.68. The number of rotatable bonds is 5. The molecule has 0 bridgehead atoms. The van der Waals surface area contributed by atoms with E-state index in [1.165, 1.54) is 23.0 Å². The maximum atomic E-state index is 13.9. The van der Waals surface area contributed by atoms with Crippen molar-refractivity contribution in [3.8, 4) is 5.75 Å². The van der Waals surface area contributed by atoms with E-state index in [1.54, 1.807) is 37.4 Å². The number of hydrogen-bond acceptors (Lipinski definition) is 3. The number of hydrogen-bond donors (Lipinski definition) is 1. The molecule has 1 heterocycles. The van der Waals surface area contributed by atoms with Gasteiger partial charge < -0.3 is 10.1 Å². The lowest BCUT2D eigenvalue weighted by atomic mass is 10.2. The zero-order valence-electron chi connectivity index (χ0n) is 13.7. The fourth-order valence-corrected chi connectivity index (χ4v) is 2.75. The summed E-state index contributed by atoms with van der Waals surface area (Å²) >= 11 is 12.1. The smallest absolute Gasteiger partial charge is 0.256 e. The van der Waals surface area contributed by atoms with Crippen molar-refractivity contribution in [2.24, 2.45) is 0 Å². The number of amides is 1. The van der Waals surface area contributed by atoms with E-state index >= 15 is 0 Å². The third-order valence-corrected chi connectivity index (χ3v) is 4.31. The van der Waals surface area contributed by atoms with Crippen molar-refractivity contribution < 1.29 is 13.9 Å². The normalized spacial score (nSPS) is 10.6. The van der Waals surface area contributed by atoms with Crippen LogP contribution in [0.2, 0.25) is 10.0 Å². The minimum atomic E-state index is -0.437. The highest BCUT2D eigenvalue weighted by atomic mass is 35.5. The van der Waals surface area contributed by atoms with Crippen molar-refractivity contribution in [3.63, 3.8) is 0 Å². The number of benzene rings is 2. The molecule has 0 atom stereocenters. The lowest BCUT2D eigenvalue weighted by Crippen LogP contribution is -2.13. The second kappa shape index (κ2) is 7.76. The summed E-state index contributed by atoms with van der Waals surface area (Å²) < 4.78 is 20.4. The fourth-order valence-electron chi connectivity index (χ4n) is 2.33. The second-order valence-corrected chi connectivity index (χ2v) is 6.22. The van der Waals surface area contributed by atoms with Gasteiger partial charge in [0.1, 0.15) is 16.6 Å². The van der Waals surface area contributed by atoms with Crippen LogP contribution in [0.5, 0.6) is 5.75 Å². The summed E-state index contributed by atoms with van der Waals surface area (Å²) in [7, 11) is 1.54. The van der Waals surface area contributed by atoms with Crippen molar-refractivity contribution >= 4 is 34.9 Å². The van der Waals surface area contributed by atoms with Gasteiger partial charge in [-0.2, -0.15) is 5.10 Å². The van der Waals surface area contributed by atoms with Crippen LogP contribution in [-0.2, 0) is 6.54 Å². The molecule has 5 nitrogen and oxygen atoms in total. The average Bonchev–Trinajstić information content (AvgIpc) is 2.97. The number of nitrogens with one attached hydrogen (secondary N) is 1. The summed E-state index contributed by atoms with van der Waals surface area (Å²) in [4.78, 5) is 12.3. The first-order valence-corrected chi connectivity index (χ1v) is 8.35. The van der Waals surface area contributed by atoms with E-state index < -0.39 is 5.82 Å². The highest BCUT2D eigenvalue weighted by molar-refractivity contribution is 6.33. The predicted molar refractivity (Wildman–Crippen MR) is 98.7 cm³/mol. The minimum absolute atomic E-state index is 0.0869. The van der Waals surface area contributed by atoms with Crippen LogP contribution < -0.4 is 10.1 Å². The van der Waals surface area contributed by atoms with E-state index in [-0.39, 0.29) is 23.3 Å². The molecule has 1 aromatic heterocycles. The molecule has 0 spiro atoms. The highest BCUT2D eigenvalue weighted by Crippen LogP contribution is 2.24. The topological polar surface area (TPSA) is 56.1 Å². The van der Waals surface area contributed by atoms with Gasteiger partial charge in [-0.05, 0) is 36.4 Å². The monoisotopic (exact) mass is 393 g/mol. The summed E-state index contributed by atoms with van der Waals surface area (Å²) in [5.41, 5.74) is 0.718. The number of nitrogens with zero attached hydrogens (tertiary/aromatic N) is 2. The Hall–Kier alpha value is -2.57. The summed E-state index contributed by atoms with van der Waals surface area (Å²) in [6, 6.07) is 11.0. The molecule has 0 unspecified atom stereocenters. The molecule has 3 aromatic rings. The molecule has 1 N–H and O–H groups in total. The largest absolute Gasteiger partial charge is 0.497 e. The molecule has 0 saturated heterocycles. The summed E-state index contributed by atoms with van der Waals surface area (Å²) in [6.45, 7) is 0.0869. The molecule has 3 rings (SSSR count). The molecular formula is C18H14Cl2FN3O2. The third kappa shape index (κ3) is 3.98. The lowest BCUT2D eigenvalue weighted by molar-refractivity contribution is 0.102. The second-order valence-electron chi connectivity index (χ2n) is 5.41. The molecule has 26 heavy (non-hydrogen) atoms. The van der Waals surface area contributed by atoms with Gasteiger partial charge in [-0.1, -0.05) is 29.3 Å². The first kappa shape index (κ1) is 18.2. The molecule has 0 aliphatic heterocycles. The molecule has 0 aliphatic carbocycles. The van der Waals surface area contributed by atoms with Crippen molar-refractivity contribution in [1.82, 2.24) is 9.78 Å². The average molecular weight is 394 g/mol. The number of carbonyl (C=O) groups is 1. The predicted octanol–water partition coefficient (Wildman–Crippen LogP) is 4.64. The zero-order valence-corrected chi connectivity index (χ0v) is 15.2. The SMILES string of the molecule is COc1ccc(C(=O)Nc2nn(Cc3c(F)cccc3Cl)cc2Cl)cc1. The van der Waals surface area contributed by atoms with E-state index in [4.69, 9.17) is 27.9 Å². The van der Waals surface area contributed by atoms with Crippen LogP contribution in [0.3, 0.4) is 0 Å². The van der Waals surface area contributed by atoms with Gasteiger partial charge in [0.05, 0.1) is 13.7 Å². The van der Waals surface area contributed by atoms with Crippen LogP contribution in [0.25, 0.3) is 0 Å². The Morgan fingerprint density at radius 3 is 2.58 bits per heavy atom. The van der Waals surface area contributed by atoms with Crippen LogP contribution in [0.4, 0.5) is 10.2 Å². The lowest BCUT2D eigenvalue weighted by Gasteiger charge is -2.06. The zero-order chi connectivity index (χ0) is 18.7. The van der Waals surface area contributed by atoms with Crippen LogP contribution >= 0.6 is 23.2 Å². The Bertz CT molecular complexity index is 922. The van der Waals surface area contributed by atoms with Crippen LogP contribution in [0.1, 0.15) is 15.9 Å². The van der Waals surface area contributed by atoms with Gasteiger partial charge in [0.2, 0.25) is 0 Å². The first-order chi connectivity index (χ1) is 12.5. The van der Waals surface area contributed by atoms with Gasteiger partial charge in [0.25, 0.3) is 5.91 Å². The molecule has 8 heteroatoms. The van der Waals surface area contributed by atoms with E-state index in [1.807, 2.05) is 0 Å². The molecule has 0 saturated carbocycles. The molecule has 1 amide bonds. The highest BCUT2D eigenvalue weighted by Gasteiger charge is 2.14. The van der Waals surface area contributed by atoms with Gasteiger partial charge in [-0.15, -0.1) is 0 Å². The number of halogens is 3. The van der Waals surface area contributed by atoms with Crippen molar-refractivity contribution in [3.05, 3.63) is 75.7 Å². The summed E-state index contributed by atoms with van der Waals surface area (Å²) in [5.74, 6) is 0.0160. The quantitative estimate of drug-likeness (QED) is 0.686. The number of carbonyl (C=O) groups excluding carboxylic acids is 1. The van der Waals surface area contributed by atoms with Crippen LogP contribution in [0.15, 0.2) is 48.7 Å². The van der Waals surface area contributed by atoms with Gasteiger partial charge in [0, 0.05) is 22.3 Å². The van der Waals surface area contributed by atoms with Crippen molar-refractivity contribution in [2.45, 2.75) is 6.54 Å². The number of aromatic nitrogens is 2. The van der Waals surface area contributed by atoms with Gasteiger partial charge >= 0.3 is 0 Å². The van der Waals surface area contributed by atoms with E-state index in [9.17, 15) is 9.18 Å². The van der Waals surface area contributed by atoms with E-state index in [0.717, 1.165) is 0 Å². The Labute approximate surface area is 159 Å². The first-order valence-electron chi connectivity index (χ1n) is 7.59. The molecule has 0 aliphatic rings. The Morgan fingerprint density at radius 2 is 1.92 bits per heavy atom. The Kier molecular flexibility index (Phi) is 5.44. The fraction of sp³-hybridized carbons (Fsp3) is 0.111. The molecule has 0 fully saturated rings. The van der Waals surface area contributed by atoms with Gasteiger partial charge in [-0.25, -0.2) is 4.39 Å². The maximum Gasteiger partial charge on any atom is 0.256 e. The maximum absolute atomic E-state index is 13.9. The molecular weight excluding hydrogens is 380 g/mol. The molecule has 134 valence electrons. The molecule has 2 aromatic carbocycles.